The first-order chi connectivity index (χ1) is 12.8. The fourth-order valence-electron chi connectivity index (χ4n) is 3.64. The Morgan fingerprint density at radius 3 is 2.46 bits per heavy atom. The van der Waals surface area contributed by atoms with E-state index in [1.165, 1.54) is 38.2 Å². The quantitative estimate of drug-likeness (QED) is 0.727. The SMILES string of the molecule is CC(=O)Nc1ccc(S(=O)(=O)N(C)CC(=O)N2CCC3CCC(C2)N3)cc1.Cl. The maximum atomic E-state index is 12.7. The van der Waals surface area contributed by atoms with Crippen molar-refractivity contribution in [2.45, 2.75) is 43.2 Å². The van der Waals surface area contributed by atoms with E-state index in [2.05, 4.69) is 10.6 Å². The van der Waals surface area contributed by atoms with E-state index in [4.69, 9.17) is 0 Å². The van der Waals surface area contributed by atoms with E-state index in [1.54, 1.807) is 4.90 Å². The Balaban J connectivity index is 0.00000280. The largest absolute Gasteiger partial charge is 0.340 e. The summed E-state index contributed by atoms with van der Waals surface area (Å²) in [7, 11) is -2.37. The zero-order chi connectivity index (χ0) is 19.6. The molecule has 2 aliphatic rings. The normalized spacial score (nSPS) is 21.8. The molecule has 3 rings (SSSR count). The van der Waals surface area contributed by atoms with Crippen LogP contribution in [0.4, 0.5) is 5.69 Å². The van der Waals surface area contributed by atoms with Gasteiger partial charge in [0.2, 0.25) is 21.8 Å². The van der Waals surface area contributed by atoms with Gasteiger partial charge < -0.3 is 15.5 Å². The number of carbonyl (C=O) groups excluding carboxylic acids is 2. The second-order valence-corrected chi connectivity index (χ2v) is 9.28. The third-order valence-corrected chi connectivity index (χ3v) is 6.93. The minimum Gasteiger partial charge on any atom is -0.340 e. The van der Waals surface area contributed by atoms with Gasteiger partial charge >= 0.3 is 0 Å². The van der Waals surface area contributed by atoms with Crippen LogP contribution in [0.5, 0.6) is 0 Å². The zero-order valence-electron chi connectivity index (χ0n) is 16.1. The van der Waals surface area contributed by atoms with Gasteiger partial charge in [-0.3, -0.25) is 9.59 Å². The number of hydrogen-bond donors (Lipinski definition) is 2. The number of nitrogens with zero attached hydrogens (tertiary/aromatic N) is 2. The van der Waals surface area contributed by atoms with Gasteiger partial charge in [0.05, 0.1) is 11.4 Å². The molecule has 2 bridgehead atoms. The average Bonchev–Trinajstić information content (AvgIpc) is 2.93. The summed E-state index contributed by atoms with van der Waals surface area (Å²) < 4.78 is 26.6. The van der Waals surface area contributed by atoms with Crippen LogP contribution in [0, 0.1) is 0 Å². The predicted molar refractivity (Wildman–Crippen MR) is 109 cm³/mol. The molecule has 2 N–H and O–H groups in total. The lowest BCUT2D eigenvalue weighted by Gasteiger charge is -2.26. The molecule has 2 atom stereocenters. The Hall–Kier alpha value is -1.68. The number of sulfonamides is 1. The van der Waals surface area contributed by atoms with E-state index < -0.39 is 10.0 Å². The molecule has 2 aliphatic heterocycles. The van der Waals surface area contributed by atoms with Gasteiger partial charge in [-0.1, -0.05) is 0 Å². The second-order valence-electron chi connectivity index (χ2n) is 7.23. The molecule has 8 nitrogen and oxygen atoms in total. The molecule has 2 saturated heterocycles. The average molecular weight is 431 g/mol. The summed E-state index contributed by atoms with van der Waals surface area (Å²) in [4.78, 5) is 25.6. The molecule has 156 valence electrons. The number of likely N-dealkylation sites (tertiary alicyclic amines) is 1. The van der Waals surface area contributed by atoms with Crippen LogP contribution in [0.25, 0.3) is 0 Å². The highest BCUT2D eigenvalue weighted by atomic mass is 35.5. The van der Waals surface area contributed by atoms with E-state index >= 15 is 0 Å². The highest BCUT2D eigenvalue weighted by Crippen LogP contribution is 2.21. The molecule has 2 fully saturated rings. The molecule has 0 aromatic heterocycles. The fraction of sp³-hybridized carbons (Fsp3) is 0.556. The van der Waals surface area contributed by atoms with Gasteiger partial charge in [-0.2, -0.15) is 4.31 Å². The molecule has 0 aliphatic carbocycles. The number of anilines is 1. The minimum atomic E-state index is -3.78. The van der Waals surface area contributed by atoms with Crippen molar-refractivity contribution >= 4 is 39.9 Å². The van der Waals surface area contributed by atoms with E-state index in [0.29, 0.717) is 30.9 Å². The van der Waals surface area contributed by atoms with Gasteiger partial charge in [0.15, 0.2) is 0 Å². The maximum absolute atomic E-state index is 12.7. The third-order valence-electron chi connectivity index (χ3n) is 5.12. The van der Waals surface area contributed by atoms with Crippen molar-refractivity contribution in [1.29, 1.82) is 0 Å². The first-order valence-electron chi connectivity index (χ1n) is 9.13. The van der Waals surface area contributed by atoms with E-state index in [9.17, 15) is 18.0 Å². The standard InChI is InChI=1S/C18H26N4O4S.ClH/c1-13(23)19-14-5-7-17(8-6-14)27(25,26)21(2)12-18(24)22-10-9-15-3-4-16(11-22)20-15;/h5-8,15-16,20H,3-4,9-12H2,1-2H3,(H,19,23);1H. The second kappa shape index (κ2) is 9.21. The number of hydrogen-bond acceptors (Lipinski definition) is 5. The Morgan fingerprint density at radius 2 is 1.82 bits per heavy atom. The number of nitrogens with one attached hydrogen (secondary N) is 2. The summed E-state index contributed by atoms with van der Waals surface area (Å²) in [6.45, 7) is 2.49. The Morgan fingerprint density at radius 1 is 1.18 bits per heavy atom. The zero-order valence-corrected chi connectivity index (χ0v) is 17.7. The Labute approximate surface area is 172 Å². The van der Waals surface area contributed by atoms with E-state index in [-0.39, 0.29) is 35.7 Å². The monoisotopic (exact) mass is 430 g/mol. The van der Waals surface area contributed by atoms with Crippen LogP contribution in [-0.2, 0) is 19.6 Å². The fourth-order valence-corrected chi connectivity index (χ4v) is 4.76. The summed E-state index contributed by atoms with van der Waals surface area (Å²) in [6.07, 6.45) is 3.11. The van der Waals surface area contributed by atoms with Crippen molar-refractivity contribution in [3.8, 4) is 0 Å². The number of likely N-dealkylation sites (N-methyl/N-ethyl adjacent to an activating group) is 1. The van der Waals surface area contributed by atoms with Crippen LogP contribution in [0.15, 0.2) is 29.2 Å². The number of amides is 2. The van der Waals surface area contributed by atoms with Crippen LogP contribution in [0.2, 0.25) is 0 Å². The van der Waals surface area contributed by atoms with E-state index in [0.717, 1.165) is 23.6 Å². The van der Waals surface area contributed by atoms with Crippen molar-refractivity contribution < 1.29 is 18.0 Å². The number of fused-ring (bicyclic) bond motifs is 2. The first-order valence-corrected chi connectivity index (χ1v) is 10.6. The molecule has 1 aromatic rings. The van der Waals surface area contributed by atoms with Crippen molar-refractivity contribution in [3.63, 3.8) is 0 Å². The topological polar surface area (TPSA) is 98.8 Å². The molecule has 0 spiro atoms. The molecule has 10 heteroatoms. The number of rotatable bonds is 5. The molecule has 1 aromatic carbocycles. The van der Waals surface area contributed by atoms with Crippen LogP contribution >= 0.6 is 12.4 Å². The third kappa shape index (κ3) is 5.22. The molecule has 0 radical (unpaired) electrons. The number of carbonyl (C=O) groups is 2. The lowest BCUT2D eigenvalue weighted by Crippen LogP contribution is -2.44. The predicted octanol–water partition coefficient (Wildman–Crippen LogP) is 1.04. The molecule has 2 amide bonds. The van der Waals surface area contributed by atoms with Gasteiger partial charge in [0, 0.05) is 44.8 Å². The van der Waals surface area contributed by atoms with Gasteiger partial charge in [-0.15, -0.1) is 12.4 Å². The van der Waals surface area contributed by atoms with Gasteiger partial charge in [0.25, 0.3) is 0 Å². The molecule has 0 saturated carbocycles. The molecule has 2 unspecified atom stereocenters. The smallest absolute Gasteiger partial charge is 0.243 e. The van der Waals surface area contributed by atoms with Crippen molar-refractivity contribution in [1.82, 2.24) is 14.5 Å². The van der Waals surface area contributed by atoms with Crippen LogP contribution in [0.1, 0.15) is 26.2 Å². The Bertz CT molecular complexity index is 815. The number of halogens is 1. The summed E-state index contributed by atoms with van der Waals surface area (Å²) in [6, 6.07) is 6.69. The van der Waals surface area contributed by atoms with Gasteiger partial charge in [-0.05, 0) is 43.5 Å². The van der Waals surface area contributed by atoms with Crippen molar-refractivity contribution in [2.75, 3.05) is 32.0 Å². The minimum absolute atomic E-state index is 0. The maximum Gasteiger partial charge on any atom is 0.243 e. The molecular formula is C18H27ClN4O4S. The summed E-state index contributed by atoms with van der Waals surface area (Å²) >= 11 is 0. The summed E-state index contributed by atoms with van der Waals surface area (Å²) in [5.74, 6) is -0.403. The van der Waals surface area contributed by atoms with Crippen molar-refractivity contribution in [2.24, 2.45) is 0 Å². The lowest BCUT2D eigenvalue weighted by atomic mass is 10.1. The summed E-state index contributed by atoms with van der Waals surface area (Å²) in [5.41, 5.74) is 0.521. The molecular weight excluding hydrogens is 404 g/mol. The summed E-state index contributed by atoms with van der Waals surface area (Å²) in [5, 5.41) is 6.10. The highest BCUT2D eigenvalue weighted by Gasteiger charge is 2.32. The first kappa shape index (κ1) is 22.6. The van der Waals surface area contributed by atoms with Crippen molar-refractivity contribution in [3.05, 3.63) is 24.3 Å². The molecule has 28 heavy (non-hydrogen) atoms. The van der Waals surface area contributed by atoms with Crippen LogP contribution in [0.3, 0.4) is 0 Å². The molecule has 2 heterocycles. The van der Waals surface area contributed by atoms with Crippen LogP contribution in [-0.4, -0.2) is 68.2 Å². The van der Waals surface area contributed by atoms with E-state index in [1.807, 2.05) is 0 Å². The highest BCUT2D eigenvalue weighted by molar-refractivity contribution is 7.89. The van der Waals surface area contributed by atoms with Gasteiger partial charge in [-0.25, -0.2) is 8.42 Å². The Kier molecular flexibility index (Phi) is 7.44. The van der Waals surface area contributed by atoms with Crippen LogP contribution < -0.4 is 10.6 Å². The van der Waals surface area contributed by atoms with Gasteiger partial charge in [0.1, 0.15) is 0 Å². The number of benzene rings is 1. The lowest BCUT2D eigenvalue weighted by molar-refractivity contribution is -0.131.